The van der Waals surface area contributed by atoms with E-state index in [4.69, 9.17) is 9.45 Å². The molecule has 0 rings (SSSR count). The lowest BCUT2D eigenvalue weighted by Gasteiger charge is -1.96. The van der Waals surface area contributed by atoms with E-state index in [2.05, 4.69) is 10.3 Å². The van der Waals surface area contributed by atoms with Gasteiger partial charge in [-0.15, -0.1) is 0 Å². The normalized spacial score (nSPS) is 15.8. The molecule has 0 bridgehead atoms. The molecular weight excluding hydrogens is 209 g/mol. The number of hydrogen-bond acceptors (Lipinski definition) is 5. The van der Waals surface area contributed by atoms with Gasteiger partial charge in [0, 0.05) is 13.8 Å². The molecule has 1 atom stereocenters. The molecule has 0 amide bonds. The van der Waals surface area contributed by atoms with Crippen molar-refractivity contribution in [1.29, 1.82) is 0 Å². The molecule has 0 spiro atoms. The Balaban J connectivity index is 0. The highest BCUT2D eigenvalue weighted by molar-refractivity contribution is 7.85. The third-order valence-electron chi connectivity index (χ3n) is 0.549. The van der Waals surface area contributed by atoms with Gasteiger partial charge in [0.1, 0.15) is 5.88 Å². The van der Waals surface area contributed by atoms with Crippen molar-refractivity contribution in [2.75, 3.05) is 19.7 Å². The molecule has 0 radical (unpaired) electrons. The largest absolute Gasteiger partial charge is 0.324 e. The maximum atomic E-state index is 9.92. The van der Waals surface area contributed by atoms with Gasteiger partial charge in [0.25, 0.3) is 10.1 Å². The molecule has 0 aliphatic rings. The molecule has 0 aliphatic carbocycles. The van der Waals surface area contributed by atoms with Gasteiger partial charge in [0.2, 0.25) is 0 Å². The summed E-state index contributed by atoms with van der Waals surface area (Å²) in [6.07, 6.45) is 0. The molecule has 1 unspecified atom stereocenters. The van der Waals surface area contributed by atoms with E-state index < -0.39 is 23.6 Å². The summed E-state index contributed by atoms with van der Waals surface area (Å²) in [5.41, 5.74) is 4.47. The minimum absolute atomic E-state index is 0.701. The van der Waals surface area contributed by atoms with Crippen LogP contribution in [0.4, 0.5) is 0 Å². The van der Waals surface area contributed by atoms with Gasteiger partial charge in [0.05, 0.1) is 0 Å². The zero-order valence-corrected chi connectivity index (χ0v) is 8.38. The van der Waals surface area contributed by atoms with Crippen LogP contribution in [-0.2, 0) is 19.2 Å². The van der Waals surface area contributed by atoms with Crippen LogP contribution in [0.2, 0.25) is 0 Å². The summed E-state index contributed by atoms with van der Waals surface area (Å²) in [5.74, 6) is -0.701. The topological polar surface area (TPSA) is 127 Å². The van der Waals surface area contributed by atoms with Crippen molar-refractivity contribution in [1.82, 2.24) is 0 Å². The molecule has 0 aromatic rings. The molecule has 12 heavy (non-hydrogen) atoms. The standard InChI is InChI=1S/C2H7O3P.CH5NO3S/c1-5-6(2,3)4;2-1-6(3,4)5/h1-2H3,(H,3,4);1-2H2,(H,3,4,5). The van der Waals surface area contributed by atoms with E-state index in [1.165, 1.54) is 7.11 Å². The Labute approximate surface area is 70.8 Å². The average Bonchev–Trinajstić information content (AvgIpc) is 1.86. The van der Waals surface area contributed by atoms with Gasteiger partial charge in [-0.05, 0) is 0 Å². The predicted molar refractivity (Wildman–Crippen MR) is 43.4 cm³/mol. The smallest absolute Gasteiger partial charge is 0.324 e. The minimum atomic E-state index is -3.88. The van der Waals surface area contributed by atoms with E-state index in [1.807, 2.05) is 0 Å². The number of hydrogen-bond donors (Lipinski definition) is 3. The second-order valence-electron chi connectivity index (χ2n) is 1.73. The maximum absolute atomic E-state index is 9.92. The Morgan fingerprint density at radius 1 is 1.58 bits per heavy atom. The minimum Gasteiger partial charge on any atom is -0.324 e. The second kappa shape index (κ2) is 5.63. The van der Waals surface area contributed by atoms with Crippen molar-refractivity contribution < 1.29 is 27.0 Å². The Hall–Kier alpha value is 0.0200. The summed E-state index contributed by atoms with van der Waals surface area (Å²) >= 11 is 0. The van der Waals surface area contributed by atoms with Crippen LogP contribution < -0.4 is 5.73 Å². The number of rotatable bonds is 2. The molecule has 7 nitrogen and oxygen atoms in total. The van der Waals surface area contributed by atoms with Crippen molar-refractivity contribution in [3.63, 3.8) is 0 Å². The highest BCUT2D eigenvalue weighted by Crippen LogP contribution is 2.34. The van der Waals surface area contributed by atoms with Crippen molar-refractivity contribution in [2.45, 2.75) is 0 Å². The van der Waals surface area contributed by atoms with E-state index in [9.17, 15) is 13.0 Å². The van der Waals surface area contributed by atoms with E-state index >= 15 is 0 Å². The maximum Gasteiger partial charge on any atom is 0.324 e. The lowest BCUT2D eigenvalue weighted by atomic mass is 11.6. The first-order valence-electron chi connectivity index (χ1n) is 2.63. The lowest BCUT2D eigenvalue weighted by molar-refractivity contribution is 0.322. The van der Waals surface area contributed by atoms with Crippen molar-refractivity contribution >= 4 is 17.7 Å². The van der Waals surface area contributed by atoms with Crippen LogP contribution in [0, 0.1) is 0 Å². The van der Waals surface area contributed by atoms with Crippen LogP contribution in [0.15, 0.2) is 0 Å². The third-order valence-corrected chi connectivity index (χ3v) is 1.65. The second-order valence-corrected chi connectivity index (χ2v) is 5.20. The van der Waals surface area contributed by atoms with Gasteiger partial charge in [0.15, 0.2) is 0 Å². The van der Waals surface area contributed by atoms with Crippen LogP contribution in [0.5, 0.6) is 0 Å². The highest BCUT2D eigenvalue weighted by atomic mass is 32.2. The predicted octanol–water partition coefficient (Wildman–Crippen LogP) is -0.762. The fourth-order valence-electron chi connectivity index (χ4n) is 0. The SMILES string of the molecule is COP(C)(=O)O.NCS(=O)(=O)O. The molecular formula is C3H12NO6PS. The van der Waals surface area contributed by atoms with Gasteiger partial charge in [-0.3, -0.25) is 9.12 Å². The zero-order chi connectivity index (χ0) is 10.4. The summed E-state index contributed by atoms with van der Waals surface area (Å²) in [6, 6.07) is 0. The van der Waals surface area contributed by atoms with Crippen molar-refractivity contribution in [3.05, 3.63) is 0 Å². The molecule has 0 saturated heterocycles. The fraction of sp³-hybridized carbons (Fsp3) is 1.00. The van der Waals surface area contributed by atoms with Crippen LogP contribution >= 0.6 is 7.60 Å². The Bertz CT molecular complexity index is 242. The molecule has 0 heterocycles. The molecule has 9 heteroatoms. The van der Waals surface area contributed by atoms with Crippen molar-refractivity contribution in [2.24, 2.45) is 5.73 Å². The summed E-state index contributed by atoms with van der Waals surface area (Å²) in [6.45, 7) is 1.13. The quantitative estimate of drug-likeness (QED) is 0.413. The van der Waals surface area contributed by atoms with Gasteiger partial charge in [-0.25, -0.2) is 0 Å². The van der Waals surface area contributed by atoms with Crippen molar-refractivity contribution in [3.8, 4) is 0 Å². The first-order valence-corrected chi connectivity index (χ1v) is 6.27. The first kappa shape index (κ1) is 14.5. The molecule has 0 fully saturated rings. The van der Waals surface area contributed by atoms with Gasteiger partial charge >= 0.3 is 7.60 Å². The van der Waals surface area contributed by atoms with Crippen LogP contribution in [0.25, 0.3) is 0 Å². The summed E-state index contributed by atoms with van der Waals surface area (Å²) in [7, 11) is -5.84. The van der Waals surface area contributed by atoms with E-state index in [-0.39, 0.29) is 0 Å². The summed E-state index contributed by atoms with van der Waals surface area (Å²) in [4.78, 5) is 8.16. The van der Waals surface area contributed by atoms with E-state index in [0.717, 1.165) is 6.66 Å². The Kier molecular flexibility index (Phi) is 6.82. The molecule has 0 aliphatic heterocycles. The van der Waals surface area contributed by atoms with E-state index in [0.29, 0.717) is 0 Å². The fourth-order valence-corrected chi connectivity index (χ4v) is 0. The Morgan fingerprint density at radius 3 is 1.75 bits per heavy atom. The molecule has 0 aromatic heterocycles. The zero-order valence-electron chi connectivity index (χ0n) is 6.67. The van der Waals surface area contributed by atoms with E-state index in [1.54, 1.807) is 0 Å². The monoisotopic (exact) mass is 221 g/mol. The number of nitrogens with two attached hydrogens (primary N) is 1. The molecule has 4 N–H and O–H groups in total. The van der Waals surface area contributed by atoms with Crippen LogP contribution in [0.3, 0.4) is 0 Å². The van der Waals surface area contributed by atoms with Gasteiger partial charge in [-0.2, -0.15) is 8.42 Å². The third kappa shape index (κ3) is 22.5. The lowest BCUT2D eigenvalue weighted by Crippen LogP contribution is -2.11. The molecule has 76 valence electrons. The average molecular weight is 221 g/mol. The van der Waals surface area contributed by atoms with Gasteiger partial charge < -0.3 is 15.2 Å². The highest BCUT2D eigenvalue weighted by Gasteiger charge is 2.02. The Morgan fingerprint density at radius 2 is 1.75 bits per heavy atom. The van der Waals surface area contributed by atoms with Gasteiger partial charge in [-0.1, -0.05) is 0 Å². The van der Waals surface area contributed by atoms with Crippen LogP contribution in [0.1, 0.15) is 0 Å². The first-order chi connectivity index (χ1) is 5.12. The summed E-state index contributed by atoms with van der Waals surface area (Å²) < 4.78 is 40.5. The van der Waals surface area contributed by atoms with Crippen LogP contribution in [-0.4, -0.2) is 37.5 Å². The molecule has 0 aromatic carbocycles. The summed E-state index contributed by atoms with van der Waals surface area (Å²) in [5, 5.41) is 0. The molecule has 0 saturated carbocycles.